The van der Waals surface area contributed by atoms with E-state index in [0.29, 0.717) is 12.6 Å². The van der Waals surface area contributed by atoms with Crippen molar-refractivity contribution in [3.8, 4) is 0 Å². The number of urea groups is 1. The predicted octanol–water partition coefficient (Wildman–Crippen LogP) is 2.35. The van der Waals surface area contributed by atoms with Crippen LogP contribution in [0.4, 0.5) is 10.5 Å². The van der Waals surface area contributed by atoms with Crippen LogP contribution < -0.4 is 10.2 Å². The van der Waals surface area contributed by atoms with Gasteiger partial charge in [0.05, 0.1) is 0 Å². The predicted molar refractivity (Wildman–Crippen MR) is 113 cm³/mol. The molecular formula is C21H28N4O2S. The summed E-state index contributed by atoms with van der Waals surface area (Å²) in [6.07, 6.45) is 0.810. The largest absolute Gasteiger partial charge is 0.396 e. The second kappa shape index (κ2) is 9.05. The molecule has 28 heavy (non-hydrogen) atoms. The van der Waals surface area contributed by atoms with Crippen LogP contribution in [0.15, 0.2) is 41.8 Å². The summed E-state index contributed by atoms with van der Waals surface area (Å²) in [6.45, 7) is 6.58. The van der Waals surface area contributed by atoms with Gasteiger partial charge >= 0.3 is 6.03 Å². The van der Waals surface area contributed by atoms with E-state index in [1.165, 1.54) is 10.4 Å². The summed E-state index contributed by atoms with van der Waals surface area (Å²) >= 11 is 1.80. The van der Waals surface area contributed by atoms with Gasteiger partial charge in [0.25, 0.3) is 0 Å². The van der Waals surface area contributed by atoms with Crippen molar-refractivity contribution in [1.29, 1.82) is 0 Å². The van der Waals surface area contributed by atoms with Crippen LogP contribution in [0, 0.1) is 0 Å². The Morgan fingerprint density at radius 2 is 1.96 bits per heavy atom. The third kappa shape index (κ3) is 4.55. The minimum Gasteiger partial charge on any atom is -0.396 e. The van der Waals surface area contributed by atoms with Gasteiger partial charge in [-0.2, -0.15) is 0 Å². The maximum Gasteiger partial charge on any atom is 0.321 e. The van der Waals surface area contributed by atoms with E-state index in [0.717, 1.165) is 51.4 Å². The molecule has 2 aliphatic rings. The molecule has 2 saturated heterocycles. The van der Waals surface area contributed by atoms with E-state index in [-0.39, 0.29) is 12.6 Å². The molecule has 0 unspecified atom stereocenters. The molecule has 4 rings (SSSR count). The first-order valence-corrected chi connectivity index (χ1v) is 10.8. The van der Waals surface area contributed by atoms with E-state index in [9.17, 15) is 9.90 Å². The summed E-state index contributed by atoms with van der Waals surface area (Å²) in [5, 5.41) is 14.5. The lowest BCUT2D eigenvalue weighted by atomic mass is 10.1. The smallest absolute Gasteiger partial charge is 0.321 e. The van der Waals surface area contributed by atoms with Gasteiger partial charge in [-0.15, -0.1) is 11.3 Å². The first-order valence-electron chi connectivity index (χ1n) is 9.97. The number of carbonyl (C=O) groups is 1. The molecule has 7 heteroatoms. The number of nitrogens with zero attached hydrogens (tertiary/aromatic N) is 3. The van der Waals surface area contributed by atoms with Gasteiger partial charge in [0.2, 0.25) is 0 Å². The highest BCUT2D eigenvalue weighted by atomic mass is 32.1. The Morgan fingerprint density at radius 1 is 1.11 bits per heavy atom. The lowest BCUT2D eigenvalue weighted by Gasteiger charge is -2.41. The molecule has 6 nitrogen and oxygen atoms in total. The Bertz CT molecular complexity index is 765. The first kappa shape index (κ1) is 19.4. The minimum absolute atomic E-state index is 0.0125. The Hall–Kier alpha value is -1.93. The molecule has 2 amide bonds. The quantitative estimate of drug-likeness (QED) is 0.749. The minimum atomic E-state index is -0.0125. The van der Waals surface area contributed by atoms with Gasteiger partial charge < -0.3 is 10.4 Å². The number of benzene rings is 1. The normalized spacial score (nSPS) is 21.2. The number of aliphatic hydroxyl groups excluding tert-OH is 1. The monoisotopic (exact) mass is 400 g/mol. The number of rotatable bonds is 7. The average molecular weight is 401 g/mol. The van der Waals surface area contributed by atoms with Crippen LogP contribution in [-0.2, 0) is 13.1 Å². The van der Waals surface area contributed by atoms with Gasteiger partial charge in [0.1, 0.15) is 0 Å². The number of piperazine rings is 1. The molecule has 150 valence electrons. The summed E-state index contributed by atoms with van der Waals surface area (Å²) in [6, 6.07) is 13.0. The summed E-state index contributed by atoms with van der Waals surface area (Å²) < 4.78 is 0. The second-order valence-electron chi connectivity index (χ2n) is 7.50. The number of amides is 2. The van der Waals surface area contributed by atoms with Gasteiger partial charge in [0, 0.05) is 69.0 Å². The number of anilines is 1. The number of carbonyl (C=O) groups excluding carboxylic acids is 1. The lowest BCUT2D eigenvalue weighted by molar-refractivity contribution is 0.0506. The Morgan fingerprint density at radius 3 is 2.64 bits per heavy atom. The van der Waals surface area contributed by atoms with Crippen molar-refractivity contribution in [2.45, 2.75) is 25.6 Å². The van der Waals surface area contributed by atoms with Crippen molar-refractivity contribution in [3.63, 3.8) is 0 Å². The van der Waals surface area contributed by atoms with Crippen molar-refractivity contribution in [2.24, 2.45) is 0 Å². The van der Waals surface area contributed by atoms with Gasteiger partial charge in [-0.05, 0) is 35.6 Å². The molecule has 2 N–H and O–H groups in total. The maximum absolute atomic E-state index is 11.8. The lowest BCUT2D eigenvalue weighted by Crippen LogP contribution is -2.52. The number of aliphatic hydroxyl groups is 1. The molecule has 0 radical (unpaired) electrons. The molecular weight excluding hydrogens is 372 g/mol. The molecule has 0 saturated carbocycles. The number of hydrogen-bond donors (Lipinski definition) is 2. The van der Waals surface area contributed by atoms with Crippen LogP contribution in [-0.4, -0.2) is 66.3 Å². The van der Waals surface area contributed by atoms with E-state index in [1.807, 2.05) is 12.1 Å². The van der Waals surface area contributed by atoms with Crippen LogP contribution in [0.3, 0.4) is 0 Å². The zero-order valence-electron chi connectivity index (χ0n) is 16.1. The average Bonchev–Trinajstić information content (AvgIpc) is 3.36. The fraction of sp³-hybridized carbons (Fsp3) is 0.476. The number of hydrogen-bond acceptors (Lipinski definition) is 5. The SMILES string of the molecule is O=C1NCCN1c1ccc(CN2CCN(Cc3cccs3)[C@H](CCO)C2)cc1. The molecule has 1 atom stereocenters. The summed E-state index contributed by atoms with van der Waals surface area (Å²) in [5.74, 6) is 0. The zero-order chi connectivity index (χ0) is 19.3. The van der Waals surface area contributed by atoms with E-state index in [4.69, 9.17) is 0 Å². The fourth-order valence-corrected chi connectivity index (χ4v) is 4.82. The molecule has 2 fully saturated rings. The van der Waals surface area contributed by atoms with Gasteiger partial charge in [-0.1, -0.05) is 18.2 Å². The van der Waals surface area contributed by atoms with E-state index in [2.05, 4.69) is 44.8 Å². The Balaban J connectivity index is 1.35. The van der Waals surface area contributed by atoms with Crippen LogP contribution >= 0.6 is 11.3 Å². The van der Waals surface area contributed by atoms with Crippen molar-refractivity contribution in [2.75, 3.05) is 44.2 Å². The molecule has 0 bridgehead atoms. The van der Waals surface area contributed by atoms with Gasteiger partial charge in [-0.3, -0.25) is 14.7 Å². The highest BCUT2D eigenvalue weighted by molar-refractivity contribution is 7.09. The summed E-state index contributed by atoms with van der Waals surface area (Å²) in [5.41, 5.74) is 2.22. The van der Waals surface area contributed by atoms with E-state index >= 15 is 0 Å². The van der Waals surface area contributed by atoms with Crippen LogP contribution in [0.1, 0.15) is 16.9 Å². The van der Waals surface area contributed by atoms with Crippen LogP contribution in [0.2, 0.25) is 0 Å². The van der Waals surface area contributed by atoms with E-state index < -0.39 is 0 Å². The van der Waals surface area contributed by atoms with Gasteiger partial charge in [-0.25, -0.2) is 4.79 Å². The third-order valence-electron chi connectivity index (χ3n) is 5.60. The number of nitrogens with one attached hydrogen (secondary N) is 1. The standard InChI is InChI=1S/C21H28N4O2S/c26-12-7-19-15-23(10-11-24(19)16-20-2-1-13-28-20)14-17-3-5-18(6-4-17)25-9-8-22-21(25)27/h1-6,13,19,26H,7-12,14-16H2,(H,22,27)/t19-/m1/s1. The van der Waals surface area contributed by atoms with Crippen molar-refractivity contribution in [1.82, 2.24) is 15.1 Å². The second-order valence-corrected chi connectivity index (χ2v) is 8.53. The molecule has 2 aromatic rings. The molecule has 0 spiro atoms. The molecule has 1 aromatic carbocycles. The van der Waals surface area contributed by atoms with Crippen molar-refractivity contribution >= 4 is 23.1 Å². The maximum atomic E-state index is 11.8. The Kier molecular flexibility index (Phi) is 6.26. The molecule has 2 aliphatic heterocycles. The third-order valence-corrected chi connectivity index (χ3v) is 6.46. The van der Waals surface area contributed by atoms with Gasteiger partial charge in [0.15, 0.2) is 0 Å². The number of thiophene rings is 1. The van der Waals surface area contributed by atoms with E-state index in [1.54, 1.807) is 16.2 Å². The topological polar surface area (TPSA) is 59.1 Å². The summed E-state index contributed by atoms with van der Waals surface area (Å²) in [7, 11) is 0. The zero-order valence-corrected chi connectivity index (χ0v) is 16.9. The fourth-order valence-electron chi connectivity index (χ4n) is 4.09. The first-order chi connectivity index (χ1) is 13.7. The molecule has 1 aromatic heterocycles. The molecule has 0 aliphatic carbocycles. The van der Waals surface area contributed by atoms with Crippen molar-refractivity contribution in [3.05, 3.63) is 52.2 Å². The summed E-state index contributed by atoms with van der Waals surface area (Å²) in [4.78, 5) is 20.0. The highest BCUT2D eigenvalue weighted by Crippen LogP contribution is 2.22. The highest BCUT2D eigenvalue weighted by Gasteiger charge is 2.27. The van der Waals surface area contributed by atoms with Crippen LogP contribution in [0.25, 0.3) is 0 Å². The Labute approximate surface area is 170 Å². The van der Waals surface area contributed by atoms with Crippen molar-refractivity contribution < 1.29 is 9.90 Å². The van der Waals surface area contributed by atoms with Crippen LogP contribution in [0.5, 0.6) is 0 Å². The molecule has 3 heterocycles.